The maximum Gasteiger partial charge on any atom is 0.291 e. The highest BCUT2D eigenvalue weighted by molar-refractivity contribution is 5.85. The van der Waals surface area contributed by atoms with Gasteiger partial charge in [-0.1, -0.05) is 0 Å². The van der Waals surface area contributed by atoms with E-state index in [9.17, 15) is 0 Å². The van der Waals surface area contributed by atoms with Crippen LogP contribution in [0.2, 0.25) is 0 Å². The second-order valence-electron chi connectivity index (χ2n) is 3.05. The van der Waals surface area contributed by atoms with Gasteiger partial charge in [-0.3, -0.25) is 10.8 Å². The lowest BCUT2D eigenvalue weighted by Gasteiger charge is -2.21. The van der Waals surface area contributed by atoms with Crippen LogP contribution >= 0.6 is 0 Å². The monoisotopic (exact) mass is 184 g/mol. The Morgan fingerprint density at radius 2 is 2.08 bits per heavy atom. The maximum absolute atomic E-state index is 7.55. The minimum atomic E-state index is 0.0715. The van der Waals surface area contributed by atoms with Crippen molar-refractivity contribution in [2.24, 2.45) is 0 Å². The van der Waals surface area contributed by atoms with Crippen LogP contribution in [0.4, 0.5) is 0 Å². The fourth-order valence-electron chi connectivity index (χ4n) is 1.26. The molecule has 0 amide bonds. The molecule has 1 fully saturated rings. The highest BCUT2D eigenvalue weighted by Crippen LogP contribution is 1.97. The van der Waals surface area contributed by atoms with Crippen molar-refractivity contribution >= 4 is 11.9 Å². The van der Waals surface area contributed by atoms with Crippen molar-refractivity contribution in [2.75, 3.05) is 26.2 Å². The van der Waals surface area contributed by atoms with Crippen molar-refractivity contribution in [3.63, 3.8) is 0 Å². The molecule has 1 aliphatic rings. The average Bonchev–Trinajstić information content (AvgIpc) is 2.29. The molecule has 5 heteroatoms. The molecular weight excluding hydrogens is 168 g/mol. The number of hydrogen-bond donors (Lipinski definition) is 3. The molecule has 0 aromatic heterocycles. The van der Waals surface area contributed by atoms with Gasteiger partial charge in [0, 0.05) is 26.6 Å². The quantitative estimate of drug-likeness (QED) is 0.373. The Balaban J connectivity index is 2.39. The number of nitrogens with one attached hydrogen (secondary N) is 3. The largest absolute Gasteiger partial charge is 0.412 e. The van der Waals surface area contributed by atoms with Crippen LogP contribution in [0.15, 0.2) is 0 Å². The summed E-state index contributed by atoms with van der Waals surface area (Å²) in [6.07, 6.45) is 1.02. The minimum Gasteiger partial charge on any atom is -0.412 e. The molecule has 13 heavy (non-hydrogen) atoms. The summed E-state index contributed by atoms with van der Waals surface area (Å²) in [4.78, 5) is 1.85. The third-order valence-electron chi connectivity index (χ3n) is 1.88. The molecule has 0 spiro atoms. The van der Waals surface area contributed by atoms with E-state index in [1.165, 1.54) is 6.92 Å². The number of nitrogens with zero attached hydrogens (tertiary/aromatic N) is 1. The molecule has 0 atom stereocenters. The molecule has 0 saturated carbocycles. The smallest absolute Gasteiger partial charge is 0.291 e. The van der Waals surface area contributed by atoms with E-state index in [2.05, 4.69) is 5.32 Å². The molecular formula is C8H16N4O. The van der Waals surface area contributed by atoms with E-state index in [4.69, 9.17) is 15.6 Å². The molecule has 3 N–H and O–H groups in total. The van der Waals surface area contributed by atoms with Gasteiger partial charge in [0.2, 0.25) is 0 Å². The fourth-order valence-corrected chi connectivity index (χ4v) is 1.26. The van der Waals surface area contributed by atoms with Crippen molar-refractivity contribution in [2.45, 2.75) is 13.3 Å². The summed E-state index contributed by atoms with van der Waals surface area (Å²) < 4.78 is 4.91. The van der Waals surface area contributed by atoms with E-state index in [0.717, 1.165) is 32.6 Å². The number of ether oxygens (including phenoxy) is 1. The van der Waals surface area contributed by atoms with Crippen LogP contribution in [0.3, 0.4) is 0 Å². The first-order valence-corrected chi connectivity index (χ1v) is 4.47. The van der Waals surface area contributed by atoms with E-state index in [1.807, 2.05) is 4.90 Å². The summed E-state index contributed by atoms with van der Waals surface area (Å²) in [6.45, 7) is 5.02. The average molecular weight is 184 g/mol. The van der Waals surface area contributed by atoms with Gasteiger partial charge in [0.15, 0.2) is 5.90 Å². The molecule has 74 valence electrons. The van der Waals surface area contributed by atoms with Crippen molar-refractivity contribution in [3.8, 4) is 0 Å². The summed E-state index contributed by atoms with van der Waals surface area (Å²) in [7, 11) is 0. The van der Waals surface area contributed by atoms with Crippen molar-refractivity contribution in [1.29, 1.82) is 10.8 Å². The Kier molecular flexibility index (Phi) is 3.70. The molecule has 1 rings (SSSR count). The van der Waals surface area contributed by atoms with Crippen LogP contribution < -0.4 is 5.32 Å². The lowest BCUT2D eigenvalue weighted by molar-refractivity contribution is 0.343. The Morgan fingerprint density at radius 3 is 2.77 bits per heavy atom. The van der Waals surface area contributed by atoms with E-state index >= 15 is 0 Å². The first-order valence-electron chi connectivity index (χ1n) is 4.47. The number of amidine groups is 1. The van der Waals surface area contributed by atoms with E-state index in [0.29, 0.717) is 0 Å². The van der Waals surface area contributed by atoms with Gasteiger partial charge in [0.25, 0.3) is 6.02 Å². The van der Waals surface area contributed by atoms with Crippen molar-refractivity contribution in [1.82, 2.24) is 10.2 Å². The lowest BCUT2D eigenvalue weighted by atomic mass is 10.4. The molecule has 0 radical (unpaired) electrons. The SMILES string of the molecule is CC(=N)OC(=N)N1CCCNCC1. The Morgan fingerprint density at radius 1 is 1.31 bits per heavy atom. The van der Waals surface area contributed by atoms with Gasteiger partial charge in [0.05, 0.1) is 0 Å². The third-order valence-corrected chi connectivity index (χ3v) is 1.88. The van der Waals surface area contributed by atoms with E-state index in [-0.39, 0.29) is 11.9 Å². The van der Waals surface area contributed by atoms with Crippen LogP contribution in [0.1, 0.15) is 13.3 Å². The highest BCUT2D eigenvalue weighted by atomic mass is 16.5. The summed E-state index contributed by atoms with van der Waals surface area (Å²) >= 11 is 0. The van der Waals surface area contributed by atoms with Crippen LogP contribution in [0.5, 0.6) is 0 Å². The van der Waals surface area contributed by atoms with Gasteiger partial charge < -0.3 is 15.0 Å². The van der Waals surface area contributed by atoms with Crippen molar-refractivity contribution in [3.05, 3.63) is 0 Å². The molecule has 1 heterocycles. The standard InChI is InChI=1S/C8H16N4O/c1-7(9)13-8(10)12-5-2-3-11-4-6-12/h9-11H,2-6H2,1H3. The molecule has 0 aliphatic carbocycles. The Bertz CT molecular complexity index is 196. The summed E-state index contributed by atoms with van der Waals surface area (Å²) in [5, 5.41) is 17.9. The van der Waals surface area contributed by atoms with Crippen LogP contribution in [0, 0.1) is 10.8 Å². The zero-order valence-electron chi connectivity index (χ0n) is 7.89. The van der Waals surface area contributed by atoms with Crippen molar-refractivity contribution < 1.29 is 4.74 Å². The zero-order valence-corrected chi connectivity index (χ0v) is 7.89. The molecule has 5 nitrogen and oxygen atoms in total. The molecule has 0 bridgehead atoms. The van der Waals surface area contributed by atoms with Crippen LogP contribution in [-0.4, -0.2) is 43.0 Å². The highest BCUT2D eigenvalue weighted by Gasteiger charge is 2.13. The fraction of sp³-hybridized carbons (Fsp3) is 0.750. The minimum absolute atomic E-state index is 0.0715. The molecule has 0 unspecified atom stereocenters. The summed E-state index contributed by atoms with van der Waals surface area (Å²) in [5.41, 5.74) is 0. The molecule has 1 aliphatic heterocycles. The third kappa shape index (κ3) is 3.42. The summed E-state index contributed by atoms with van der Waals surface area (Å²) in [6, 6.07) is 0.0937. The normalized spacial score (nSPS) is 17.8. The second kappa shape index (κ2) is 4.81. The van der Waals surface area contributed by atoms with Gasteiger partial charge in [-0.05, 0) is 13.0 Å². The maximum atomic E-state index is 7.55. The summed E-state index contributed by atoms with van der Waals surface area (Å²) in [5.74, 6) is 0.0715. The molecule has 0 aromatic carbocycles. The van der Waals surface area contributed by atoms with Crippen LogP contribution in [-0.2, 0) is 4.74 Å². The van der Waals surface area contributed by atoms with Gasteiger partial charge in [-0.2, -0.15) is 0 Å². The van der Waals surface area contributed by atoms with Gasteiger partial charge >= 0.3 is 0 Å². The molecule has 0 aromatic rings. The van der Waals surface area contributed by atoms with Gasteiger partial charge in [-0.15, -0.1) is 0 Å². The lowest BCUT2D eigenvalue weighted by Crippen LogP contribution is -2.35. The molecule has 1 saturated heterocycles. The predicted molar refractivity (Wildman–Crippen MR) is 51.3 cm³/mol. The Labute approximate surface area is 78.1 Å². The van der Waals surface area contributed by atoms with E-state index < -0.39 is 0 Å². The Hall–Kier alpha value is -1.10. The first kappa shape index (κ1) is 9.98. The first-order chi connectivity index (χ1) is 6.20. The van der Waals surface area contributed by atoms with Gasteiger partial charge in [-0.25, -0.2) is 0 Å². The van der Waals surface area contributed by atoms with Gasteiger partial charge in [0.1, 0.15) is 0 Å². The predicted octanol–water partition coefficient (Wildman–Crippen LogP) is 0.230. The number of hydrogen-bond acceptors (Lipinski definition) is 4. The second-order valence-corrected chi connectivity index (χ2v) is 3.05. The van der Waals surface area contributed by atoms with Crippen LogP contribution in [0.25, 0.3) is 0 Å². The van der Waals surface area contributed by atoms with E-state index in [1.54, 1.807) is 0 Å². The topological polar surface area (TPSA) is 72.2 Å². The zero-order chi connectivity index (χ0) is 9.68. The number of rotatable bonds is 0.